The van der Waals surface area contributed by atoms with Crippen molar-refractivity contribution in [3.63, 3.8) is 0 Å². The first-order valence-electron chi connectivity index (χ1n) is 7.94. The van der Waals surface area contributed by atoms with Crippen LogP contribution in [0.25, 0.3) is 0 Å². The molecule has 0 saturated carbocycles. The SMILES string of the molecule is CC(C)(C)NC(=O)CCNCCOCCNCCOCCO. The number of nitrogens with one attached hydrogen (secondary N) is 3. The number of aliphatic hydroxyl groups is 1. The van der Waals surface area contributed by atoms with Crippen molar-refractivity contribution in [2.45, 2.75) is 32.7 Å². The minimum Gasteiger partial charge on any atom is -0.394 e. The number of amides is 1. The van der Waals surface area contributed by atoms with Crippen molar-refractivity contribution in [3.05, 3.63) is 0 Å². The molecule has 0 aliphatic rings. The fourth-order valence-corrected chi connectivity index (χ4v) is 1.63. The van der Waals surface area contributed by atoms with Gasteiger partial charge in [0.25, 0.3) is 0 Å². The maximum atomic E-state index is 11.5. The average Bonchev–Trinajstić information content (AvgIpc) is 2.42. The second-order valence-electron chi connectivity index (χ2n) is 6.00. The molecule has 0 heterocycles. The van der Waals surface area contributed by atoms with E-state index in [1.54, 1.807) is 0 Å². The molecule has 22 heavy (non-hydrogen) atoms. The lowest BCUT2D eigenvalue weighted by atomic mass is 10.1. The molecule has 0 rings (SSSR count). The van der Waals surface area contributed by atoms with Crippen LogP contribution in [0.1, 0.15) is 27.2 Å². The summed E-state index contributed by atoms with van der Waals surface area (Å²) in [6, 6.07) is 0. The van der Waals surface area contributed by atoms with Crippen LogP contribution in [0.5, 0.6) is 0 Å². The zero-order valence-electron chi connectivity index (χ0n) is 14.2. The van der Waals surface area contributed by atoms with E-state index in [1.807, 2.05) is 20.8 Å². The van der Waals surface area contributed by atoms with E-state index in [0.29, 0.717) is 39.4 Å². The Morgan fingerprint density at radius 1 is 0.909 bits per heavy atom. The second-order valence-corrected chi connectivity index (χ2v) is 6.00. The van der Waals surface area contributed by atoms with Gasteiger partial charge in [-0.15, -0.1) is 0 Å². The molecule has 0 atom stereocenters. The number of hydrogen-bond acceptors (Lipinski definition) is 6. The van der Waals surface area contributed by atoms with Gasteiger partial charge in [0.1, 0.15) is 0 Å². The lowest BCUT2D eigenvalue weighted by molar-refractivity contribution is -0.122. The molecule has 0 radical (unpaired) electrons. The molecule has 0 fully saturated rings. The summed E-state index contributed by atoms with van der Waals surface area (Å²) in [6.45, 7) is 11.2. The summed E-state index contributed by atoms with van der Waals surface area (Å²) in [5.74, 6) is 0.0635. The van der Waals surface area contributed by atoms with Crippen LogP contribution in [-0.4, -0.2) is 75.8 Å². The molecule has 0 aliphatic carbocycles. The maximum absolute atomic E-state index is 11.5. The van der Waals surface area contributed by atoms with E-state index in [9.17, 15) is 4.79 Å². The molecule has 7 heteroatoms. The van der Waals surface area contributed by atoms with Crippen molar-refractivity contribution in [2.75, 3.05) is 59.2 Å². The third-order valence-corrected chi connectivity index (χ3v) is 2.55. The third kappa shape index (κ3) is 17.3. The molecule has 0 aromatic carbocycles. The molecule has 132 valence electrons. The zero-order valence-corrected chi connectivity index (χ0v) is 14.2. The summed E-state index contributed by atoms with van der Waals surface area (Å²) >= 11 is 0. The summed E-state index contributed by atoms with van der Waals surface area (Å²) in [5.41, 5.74) is -0.170. The normalized spacial score (nSPS) is 11.6. The molecule has 0 spiro atoms. The number of hydrogen-bond donors (Lipinski definition) is 4. The van der Waals surface area contributed by atoms with Crippen LogP contribution in [0.4, 0.5) is 0 Å². The Balaban J connectivity index is 3.16. The van der Waals surface area contributed by atoms with Gasteiger partial charge in [0, 0.05) is 38.1 Å². The maximum Gasteiger partial charge on any atom is 0.221 e. The highest BCUT2D eigenvalue weighted by atomic mass is 16.5. The van der Waals surface area contributed by atoms with Gasteiger partial charge in [0.2, 0.25) is 5.91 Å². The Labute approximate surface area is 134 Å². The molecule has 1 amide bonds. The number of carbonyl (C=O) groups is 1. The quantitative estimate of drug-likeness (QED) is 0.323. The zero-order chi connectivity index (χ0) is 16.7. The Morgan fingerprint density at radius 3 is 1.91 bits per heavy atom. The summed E-state index contributed by atoms with van der Waals surface area (Å²) in [7, 11) is 0. The van der Waals surface area contributed by atoms with Gasteiger partial charge >= 0.3 is 0 Å². The Bertz CT molecular complexity index is 270. The molecule has 0 aromatic rings. The van der Waals surface area contributed by atoms with Crippen molar-refractivity contribution in [3.8, 4) is 0 Å². The van der Waals surface area contributed by atoms with Crippen LogP contribution in [0.3, 0.4) is 0 Å². The standard InChI is InChI=1S/C15H33N3O4/c1-15(2,3)18-14(20)4-5-16-6-10-21-11-7-17-8-12-22-13-9-19/h16-17,19H,4-13H2,1-3H3,(H,18,20). The summed E-state index contributed by atoms with van der Waals surface area (Å²) < 4.78 is 10.6. The molecule has 0 aliphatic heterocycles. The van der Waals surface area contributed by atoms with Crippen molar-refractivity contribution in [1.29, 1.82) is 0 Å². The van der Waals surface area contributed by atoms with Crippen LogP contribution in [0.15, 0.2) is 0 Å². The summed E-state index contributed by atoms with van der Waals surface area (Å²) in [6.07, 6.45) is 0.479. The van der Waals surface area contributed by atoms with Crippen LogP contribution >= 0.6 is 0 Å². The van der Waals surface area contributed by atoms with Gasteiger partial charge in [-0.2, -0.15) is 0 Å². The van der Waals surface area contributed by atoms with Gasteiger partial charge in [-0.1, -0.05) is 0 Å². The molecule has 0 saturated heterocycles. The highest BCUT2D eigenvalue weighted by molar-refractivity contribution is 5.76. The highest BCUT2D eigenvalue weighted by Gasteiger charge is 2.12. The van der Waals surface area contributed by atoms with E-state index in [0.717, 1.165) is 19.6 Å². The molecule has 0 aromatic heterocycles. The van der Waals surface area contributed by atoms with Gasteiger partial charge in [-0.3, -0.25) is 4.79 Å². The topological polar surface area (TPSA) is 91.9 Å². The first kappa shape index (κ1) is 21.3. The second kappa shape index (κ2) is 13.9. The molecule has 0 unspecified atom stereocenters. The number of ether oxygens (including phenoxy) is 2. The number of rotatable bonds is 14. The fourth-order valence-electron chi connectivity index (χ4n) is 1.63. The van der Waals surface area contributed by atoms with Gasteiger partial charge in [0.15, 0.2) is 0 Å². The van der Waals surface area contributed by atoms with E-state index >= 15 is 0 Å². The number of carbonyl (C=O) groups excluding carboxylic acids is 1. The molecular formula is C15H33N3O4. The Kier molecular flexibility index (Phi) is 13.4. The highest BCUT2D eigenvalue weighted by Crippen LogP contribution is 1.98. The van der Waals surface area contributed by atoms with E-state index in [4.69, 9.17) is 14.6 Å². The average molecular weight is 319 g/mol. The van der Waals surface area contributed by atoms with Crippen molar-refractivity contribution >= 4 is 5.91 Å². The predicted molar refractivity (Wildman–Crippen MR) is 87.0 cm³/mol. The third-order valence-electron chi connectivity index (χ3n) is 2.55. The van der Waals surface area contributed by atoms with E-state index in [2.05, 4.69) is 16.0 Å². The monoisotopic (exact) mass is 319 g/mol. The summed E-state index contributed by atoms with van der Waals surface area (Å²) in [4.78, 5) is 11.5. The lowest BCUT2D eigenvalue weighted by Gasteiger charge is -2.20. The first-order chi connectivity index (χ1) is 10.5. The summed E-state index contributed by atoms with van der Waals surface area (Å²) in [5, 5.41) is 17.8. The number of aliphatic hydroxyl groups excluding tert-OH is 1. The molecule has 7 nitrogen and oxygen atoms in total. The Morgan fingerprint density at radius 2 is 1.41 bits per heavy atom. The fraction of sp³-hybridized carbons (Fsp3) is 0.933. The van der Waals surface area contributed by atoms with E-state index < -0.39 is 0 Å². The minimum absolute atomic E-state index is 0.0635. The van der Waals surface area contributed by atoms with Crippen molar-refractivity contribution < 1.29 is 19.4 Å². The van der Waals surface area contributed by atoms with Gasteiger partial charge in [-0.25, -0.2) is 0 Å². The van der Waals surface area contributed by atoms with Crippen LogP contribution in [0, 0.1) is 0 Å². The smallest absolute Gasteiger partial charge is 0.221 e. The van der Waals surface area contributed by atoms with Crippen LogP contribution in [0.2, 0.25) is 0 Å². The van der Waals surface area contributed by atoms with Gasteiger partial charge < -0.3 is 30.5 Å². The molecular weight excluding hydrogens is 286 g/mol. The van der Waals surface area contributed by atoms with Crippen molar-refractivity contribution in [1.82, 2.24) is 16.0 Å². The largest absolute Gasteiger partial charge is 0.394 e. The predicted octanol–water partition coefficient (Wildman–Crippen LogP) is -0.504. The lowest BCUT2D eigenvalue weighted by Crippen LogP contribution is -2.41. The van der Waals surface area contributed by atoms with E-state index in [-0.39, 0.29) is 18.1 Å². The van der Waals surface area contributed by atoms with Gasteiger partial charge in [-0.05, 0) is 20.8 Å². The first-order valence-corrected chi connectivity index (χ1v) is 7.94. The van der Waals surface area contributed by atoms with Crippen LogP contribution in [-0.2, 0) is 14.3 Å². The molecule has 0 bridgehead atoms. The van der Waals surface area contributed by atoms with E-state index in [1.165, 1.54) is 0 Å². The minimum atomic E-state index is -0.170. The van der Waals surface area contributed by atoms with Crippen LogP contribution < -0.4 is 16.0 Å². The molecule has 4 N–H and O–H groups in total. The van der Waals surface area contributed by atoms with Crippen molar-refractivity contribution in [2.24, 2.45) is 0 Å². The van der Waals surface area contributed by atoms with Gasteiger partial charge in [0.05, 0.1) is 33.0 Å². The Hall–Kier alpha value is -0.730.